The maximum absolute atomic E-state index is 6.03. The van der Waals surface area contributed by atoms with Crippen LogP contribution >= 0.6 is 27.5 Å². The van der Waals surface area contributed by atoms with E-state index in [2.05, 4.69) is 35.0 Å². The lowest BCUT2D eigenvalue weighted by Gasteiger charge is -2.33. The summed E-state index contributed by atoms with van der Waals surface area (Å²) < 4.78 is 6.03. The molecule has 0 radical (unpaired) electrons. The second-order valence-corrected chi connectivity index (χ2v) is 5.27. The van der Waals surface area contributed by atoms with Crippen LogP contribution in [0.5, 0.6) is 0 Å². The van der Waals surface area contributed by atoms with Crippen LogP contribution in [0.15, 0.2) is 24.3 Å². The maximum Gasteiger partial charge on any atom is 0.106 e. The average Bonchev–Trinajstić information content (AvgIpc) is 2.74. The third-order valence-corrected chi connectivity index (χ3v) is 4.59. The quantitative estimate of drug-likeness (QED) is 0.753. The number of ether oxygens (including phenoxy) is 1. The van der Waals surface area contributed by atoms with Crippen LogP contribution in [0.2, 0.25) is 5.02 Å². The van der Waals surface area contributed by atoms with Gasteiger partial charge in [-0.2, -0.15) is 0 Å². The highest BCUT2D eigenvalue weighted by Gasteiger charge is 2.43. The van der Waals surface area contributed by atoms with Crippen molar-refractivity contribution in [2.24, 2.45) is 5.92 Å². The summed E-state index contributed by atoms with van der Waals surface area (Å²) in [6, 6.07) is 8.04. The van der Waals surface area contributed by atoms with Crippen LogP contribution in [-0.4, -0.2) is 11.9 Å². The molecular formula is C13H16BrClO. The standard InChI is InChI=1S/C13H16BrClO/c1-2-10-7-8-16-13(10,9-14)11-3-5-12(15)6-4-11/h3-6,10H,2,7-9H2,1H3. The molecule has 2 rings (SSSR count). The zero-order valence-electron chi connectivity index (χ0n) is 9.38. The number of alkyl halides is 1. The molecule has 0 aromatic heterocycles. The van der Waals surface area contributed by atoms with Gasteiger partial charge in [0.25, 0.3) is 0 Å². The van der Waals surface area contributed by atoms with Crippen LogP contribution < -0.4 is 0 Å². The molecule has 1 aliphatic rings. The van der Waals surface area contributed by atoms with Gasteiger partial charge in [0.15, 0.2) is 0 Å². The summed E-state index contributed by atoms with van der Waals surface area (Å²) >= 11 is 9.54. The molecule has 0 bridgehead atoms. The van der Waals surface area contributed by atoms with Crippen LogP contribution in [0.4, 0.5) is 0 Å². The van der Waals surface area contributed by atoms with Crippen LogP contribution in [0.3, 0.4) is 0 Å². The molecule has 1 aromatic carbocycles. The minimum absolute atomic E-state index is 0.153. The highest BCUT2D eigenvalue weighted by molar-refractivity contribution is 9.09. The first-order valence-electron chi connectivity index (χ1n) is 5.69. The summed E-state index contributed by atoms with van der Waals surface area (Å²) in [5.41, 5.74) is 1.08. The van der Waals surface area contributed by atoms with Gasteiger partial charge in [0.05, 0.1) is 0 Å². The normalized spacial score (nSPS) is 29.6. The van der Waals surface area contributed by atoms with Crippen molar-refractivity contribution in [2.75, 3.05) is 11.9 Å². The lowest BCUT2D eigenvalue weighted by Crippen LogP contribution is -2.34. The van der Waals surface area contributed by atoms with Gasteiger partial charge in [-0.05, 0) is 30.0 Å². The van der Waals surface area contributed by atoms with Crippen LogP contribution in [0.1, 0.15) is 25.3 Å². The second-order valence-electron chi connectivity index (χ2n) is 4.27. The van der Waals surface area contributed by atoms with Gasteiger partial charge in [0.1, 0.15) is 5.60 Å². The van der Waals surface area contributed by atoms with Crippen molar-refractivity contribution in [3.05, 3.63) is 34.9 Å². The Morgan fingerprint density at radius 2 is 2.12 bits per heavy atom. The average molecular weight is 304 g/mol. The molecule has 1 aliphatic heterocycles. The summed E-state index contributed by atoms with van der Waals surface area (Å²) in [6.45, 7) is 3.08. The summed E-state index contributed by atoms with van der Waals surface area (Å²) in [5.74, 6) is 0.591. The van der Waals surface area contributed by atoms with E-state index in [1.807, 2.05) is 12.1 Å². The smallest absolute Gasteiger partial charge is 0.106 e. The Morgan fingerprint density at radius 1 is 1.44 bits per heavy atom. The molecule has 2 atom stereocenters. The first-order valence-corrected chi connectivity index (χ1v) is 7.19. The Bertz CT molecular complexity index is 351. The highest BCUT2D eigenvalue weighted by Crippen LogP contribution is 2.44. The first-order chi connectivity index (χ1) is 7.73. The van der Waals surface area contributed by atoms with Gasteiger partial charge in [-0.15, -0.1) is 0 Å². The topological polar surface area (TPSA) is 9.23 Å². The van der Waals surface area contributed by atoms with Crippen LogP contribution in [0.25, 0.3) is 0 Å². The SMILES string of the molecule is CCC1CCOC1(CBr)c1ccc(Cl)cc1. The summed E-state index contributed by atoms with van der Waals surface area (Å²) in [5, 5.41) is 1.62. The minimum Gasteiger partial charge on any atom is -0.369 e. The number of hydrogen-bond acceptors (Lipinski definition) is 1. The summed E-state index contributed by atoms with van der Waals surface area (Å²) in [6.07, 6.45) is 2.29. The fraction of sp³-hybridized carbons (Fsp3) is 0.538. The van der Waals surface area contributed by atoms with Gasteiger partial charge >= 0.3 is 0 Å². The Hall–Kier alpha value is -0.0500. The largest absolute Gasteiger partial charge is 0.369 e. The number of rotatable bonds is 3. The van der Waals surface area contributed by atoms with Crippen molar-refractivity contribution in [1.82, 2.24) is 0 Å². The van der Waals surface area contributed by atoms with E-state index >= 15 is 0 Å². The van der Waals surface area contributed by atoms with Gasteiger partial charge < -0.3 is 4.74 Å². The molecule has 0 saturated carbocycles. The minimum atomic E-state index is -0.153. The zero-order chi connectivity index (χ0) is 11.6. The van der Waals surface area contributed by atoms with Crippen LogP contribution in [-0.2, 0) is 10.3 Å². The molecule has 88 valence electrons. The predicted octanol–water partition coefficient (Wildman–Crippen LogP) is 4.38. The van der Waals surface area contributed by atoms with Gasteiger partial charge in [-0.25, -0.2) is 0 Å². The molecule has 1 heterocycles. The third kappa shape index (κ3) is 2.03. The zero-order valence-corrected chi connectivity index (χ0v) is 11.7. The second kappa shape index (κ2) is 5.07. The van der Waals surface area contributed by atoms with Crippen molar-refractivity contribution < 1.29 is 4.74 Å². The molecule has 1 aromatic rings. The molecule has 0 amide bonds. The van der Waals surface area contributed by atoms with Crippen molar-refractivity contribution in [2.45, 2.75) is 25.4 Å². The molecule has 0 spiro atoms. The van der Waals surface area contributed by atoms with E-state index in [-0.39, 0.29) is 5.60 Å². The lowest BCUT2D eigenvalue weighted by atomic mass is 9.81. The summed E-state index contributed by atoms with van der Waals surface area (Å²) in [7, 11) is 0. The van der Waals surface area contributed by atoms with Gasteiger partial charge in [0.2, 0.25) is 0 Å². The predicted molar refractivity (Wildman–Crippen MR) is 71.3 cm³/mol. The van der Waals surface area contributed by atoms with E-state index < -0.39 is 0 Å². The monoisotopic (exact) mass is 302 g/mol. The van der Waals surface area contributed by atoms with E-state index in [1.165, 1.54) is 5.56 Å². The summed E-state index contributed by atoms with van der Waals surface area (Å²) in [4.78, 5) is 0. The Balaban J connectivity index is 2.37. The van der Waals surface area contributed by atoms with Gasteiger partial charge in [-0.3, -0.25) is 0 Å². The number of halogens is 2. The Kier molecular flexibility index (Phi) is 3.93. The molecule has 16 heavy (non-hydrogen) atoms. The van der Waals surface area contributed by atoms with E-state index in [0.717, 1.165) is 29.8 Å². The number of hydrogen-bond donors (Lipinski definition) is 0. The van der Waals surface area contributed by atoms with Crippen molar-refractivity contribution in [3.8, 4) is 0 Å². The van der Waals surface area contributed by atoms with Crippen LogP contribution in [0, 0.1) is 5.92 Å². The molecule has 1 saturated heterocycles. The Morgan fingerprint density at radius 3 is 2.69 bits per heavy atom. The van der Waals surface area contributed by atoms with Crippen molar-refractivity contribution in [1.29, 1.82) is 0 Å². The van der Waals surface area contributed by atoms with Crippen molar-refractivity contribution >= 4 is 27.5 Å². The molecule has 1 nitrogen and oxygen atoms in total. The molecule has 1 fully saturated rings. The highest BCUT2D eigenvalue weighted by atomic mass is 79.9. The molecule has 0 N–H and O–H groups in total. The fourth-order valence-electron chi connectivity index (χ4n) is 2.54. The third-order valence-electron chi connectivity index (χ3n) is 3.51. The van der Waals surface area contributed by atoms with E-state index in [4.69, 9.17) is 16.3 Å². The number of benzene rings is 1. The maximum atomic E-state index is 6.03. The molecular weight excluding hydrogens is 287 g/mol. The fourth-order valence-corrected chi connectivity index (χ4v) is 3.61. The van der Waals surface area contributed by atoms with Gasteiger partial charge in [-0.1, -0.05) is 53.0 Å². The van der Waals surface area contributed by atoms with Gasteiger partial charge in [0, 0.05) is 17.0 Å². The molecule has 3 heteroatoms. The Labute approximate surface area is 110 Å². The molecule has 2 unspecified atom stereocenters. The van der Waals surface area contributed by atoms with E-state index in [1.54, 1.807) is 0 Å². The molecule has 0 aliphatic carbocycles. The lowest BCUT2D eigenvalue weighted by molar-refractivity contribution is -0.00525. The first kappa shape index (κ1) is 12.4. The van der Waals surface area contributed by atoms with E-state index in [0.29, 0.717) is 5.92 Å². The van der Waals surface area contributed by atoms with Crippen molar-refractivity contribution in [3.63, 3.8) is 0 Å². The van der Waals surface area contributed by atoms with E-state index in [9.17, 15) is 0 Å².